The molecule has 0 radical (unpaired) electrons. The van der Waals surface area contributed by atoms with Crippen LogP contribution in [0.5, 0.6) is 0 Å². The van der Waals surface area contributed by atoms with Crippen LogP contribution in [0.4, 0.5) is 5.69 Å². The van der Waals surface area contributed by atoms with Gasteiger partial charge in [-0.2, -0.15) is 0 Å². The van der Waals surface area contributed by atoms with Gasteiger partial charge in [0.25, 0.3) is 0 Å². The van der Waals surface area contributed by atoms with Crippen LogP contribution in [0.3, 0.4) is 0 Å². The first-order valence-electron chi connectivity index (χ1n) is 8.02. The molecule has 2 aliphatic heterocycles. The van der Waals surface area contributed by atoms with Crippen LogP contribution in [0.2, 0.25) is 5.02 Å². The van der Waals surface area contributed by atoms with Crippen LogP contribution in [0.1, 0.15) is 5.56 Å². The quantitative estimate of drug-likeness (QED) is 0.800. The van der Waals surface area contributed by atoms with E-state index in [1.54, 1.807) is 11.8 Å². The zero-order valence-corrected chi connectivity index (χ0v) is 15.8. The summed E-state index contributed by atoms with van der Waals surface area (Å²) in [5.74, 6) is 0.997. The molecular formula is C18H17ClN2O2S2. The second-order valence-corrected chi connectivity index (χ2v) is 9.71. The van der Waals surface area contributed by atoms with Gasteiger partial charge in [0.2, 0.25) is 0 Å². The van der Waals surface area contributed by atoms with E-state index in [0.29, 0.717) is 5.75 Å². The molecule has 2 aliphatic rings. The Morgan fingerprint density at radius 3 is 2.56 bits per heavy atom. The normalized spacial score (nSPS) is 24.2. The number of hydrogen-bond donors (Lipinski definition) is 0. The van der Waals surface area contributed by atoms with Crippen molar-refractivity contribution >= 4 is 44.1 Å². The van der Waals surface area contributed by atoms with E-state index < -0.39 is 9.84 Å². The minimum absolute atomic E-state index is 0.110. The van der Waals surface area contributed by atoms with Gasteiger partial charge >= 0.3 is 0 Å². The van der Waals surface area contributed by atoms with Gasteiger partial charge in [-0.15, -0.1) is 0 Å². The number of thioether (sulfide) groups is 1. The highest BCUT2D eigenvalue weighted by atomic mass is 35.5. The summed E-state index contributed by atoms with van der Waals surface area (Å²) in [5.41, 5.74) is 2.03. The molecule has 0 bridgehead atoms. The summed E-state index contributed by atoms with van der Waals surface area (Å²) < 4.78 is 24.1. The van der Waals surface area contributed by atoms with Crippen LogP contribution in [-0.4, -0.2) is 37.2 Å². The molecule has 0 spiro atoms. The first-order chi connectivity index (χ1) is 12.0. The van der Waals surface area contributed by atoms with Gasteiger partial charge in [-0.1, -0.05) is 59.8 Å². The van der Waals surface area contributed by atoms with Crippen LogP contribution in [-0.2, 0) is 15.6 Å². The van der Waals surface area contributed by atoms with Crippen molar-refractivity contribution in [3.63, 3.8) is 0 Å². The molecule has 7 heteroatoms. The molecule has 0 amide bonds. The van der Waals surface area contributed by atoms with Crippen LogP contribution in [0.25, 0.3) is 0 Å². The van der Waals surface area contributed by atoms with E-state index in [9.17, 15) is 8.42 Å². The smallest absolute Gasteiger partial charge is 0.164 e. The summed E-state index contributed by atoms with van der Waals surface area (Å²) in [6.07, 6.45) is 0. The van der Waals surface area contributed by atoms with E-state index in [4.69, 9.17) is 16.6 Å². The number of aliphatic imine (C=N–C) groups is 1. The Morgan fingerprint density at radius 1 is 1.08 bits per heavy atom. The number of benzene rings is 2. The van der Waals surface area contributed by atoms with Crippen molar-refractivity contribution in [2.45, 2.75) is 17.8 Å². The second kappa shape index (κ2) is 6.67. The molecule has 1 saturated heterocycles. The number of halogens is 1. The van der Waals surface area contributed by atoms with Crippen molar-refractivity contribution in [1.82, 2.24) is 0 Å². The zero-order valence-electron chi connectivity index (χ0n) is 13.4. The van der Waals surface area contributed by atoms with Gasteiger partial charge in [-0.3, -0.25) is 4.99 Å². The van der Waals surface area contributed by atoms with Crippen LogP contribution in [0, 0.1) is 0 Å². The van der Waals surface area contributed by atoms with Crippen LogP contribution < -0.4 is 4.90 Å². The van der Waals surface area contributed by atoms with Gasteiger partial charge in [-0.05, 0) is 23.8 Å². The van der Waals surface area contributed by atoms with Gasteiger partial charge in [-0.25, -0.2) is 8.42 Å². The average molecular weight is 393 g/mol. The standard InChI is InChI=1S/C18H17ClN2O2S2/c19-15-9-5-4-6-13(15)10-24-18-20-16-11-25(22,23)12-17(16)21(18)14-7-2-1-3-8-14/h1-9,16-17H,10-12H2/t16-,17+/m1/s1. The number of anilines is 1. The molecule has 2 atom stereocenters. The van der Waals surface area contributed by atoms with Crippen molar-refractivity contribution in [2.75, 3.05) is 16.4 Å². The molecule has 0 saturated carbocycles. The number of sulfone groups is 1. The molecular weight excluding hydrogens is 376 g/mol. The number of rotatable bonds is 3. The van der Waals surface area contributed by atoms with E-state index in [1.807, 2.05) is 54.6 Å². The first kappa shape index (κ1) is 16.9. The summed E-state index contributed by atoms with van der Waals surface area (Å²) in [6.45, 7) is 0. The highest BCUT2D eigenvalue weighted by Crippen LogP contribution is 2.36. The molecule has 2 aromatic rings. The highest BCUT2D eigenvalue weighted by molar-refractivity contribution is 8.13. The minimum atomic E-state index is -3.02. The summed E-state index contributed by atoms with van der Waals surface area (Å²) in [5, 5.41) is 1.61. The fourth-order valence-corrected chi connectivity index (χ4v) is 6.53. The predicted molar refractivity (Wildman–Crippen MR) is 105 cm³/mol. The van der Waals surface area contributed by atoms with E-state index in [0.717, 1.165) is 21.4 Å². The Morgan fingerprint density at radius 2 is 1.80 bits per heavy atom. The Hall–Kier alpha value is -1.50. The molecule has 0 N–H and O–H groups in total. The number of nitrogens with zero attached hydrogens (tertiary/aromatic N) is 2. The maximum Gasteiger partial charge on any atom is 0.164 e. The first-order valence-corrected chi connectivity index (χ1v) is 11.2. The van der Waals surface area contributed by atoms with Crippen LogP contribution in [0.15, 0.2) is 59.6 Å². The molecule has 4 rings (SSSR count). The molecule has 130 valence electrons. The van der Waals surface area contributed by atoms with Crippen molar-refractivity contribution in [3.8, 4) is 0 Å². The van der Waals surface area contributed by atoms with Gasteiger partial charge < -0.3 is 4.90 Å². The lowest BCUT2D eigenvalue weighted by atomic mass is 10.1. The third-order valence-corrected chi connectivity index (χ3v) is 7.54. The molecule has 1 fully saturated rings. The largest absolute Gasteiger partial charge is 0.315 e. The summed E-state index contributed by atoms with van der Waals surface area (Å²) in [4.78, 5) is 6.81. The summed E-state index contributed by atoms with van der Waals surface area (Å²) in [6, 6.07) is 17.3. The Labute approximate surface area is 156 Å². The maximum absolute atomic E-state index is 12.0. The lowest BCUT2D eigenvalue weighted by molar-refractivity contribution is 0.601. The third-order valence-electron chi connectivity index (χ3n) is 4.46. The SMILES string of the molecule is O=S1(=O)C[C@H]2N=C(SCc3ccccc3Cl)N(c3ccccc3)[C@H]2C1. The Bertz CT molecular complexity index is 916. The Balaban J connectivity index is 1.62. The summed E-state index contributed by atoms with van der Waals surface area (Å²) >= 11 is 7.86. The zero-order chi connectivity index (χ0) is 17.4. The van der Waals surface area contributed by atoms with Crippen molar-refractivity contribution in [3.05, 3.63) is 65.2 Å². The van der Waals surface area contributed by atoms with Gasteiger partial charge in [0, 0.05) is 16.5 Å². The van der Waals surface area contributed by atoms with Gasteiger partial charge in [0.05, 0.1) is 23.6 Å². The lowest BCUT2D eigenvalue weighted by Crippen LogP contribution is -2.39. The van der Waals surface area contributed by atoms with Gasteiger partial charge in [0.1, 0.15) is 0 Å². The fraction of sp³-hybridized carbons (Fsp3) is 0.278. The predicted octanol–water partition coefficient (Wildman–Crippen LogP) is 3.62. The van der Waals surface area contributed by atoms with E-state index in [-0.39, 0.29) is 23.6 Å². The van der Waals surface area contributed by atoms with E-state index >= 15 is 0 Å². The molecule has 4 nitrogen and oxygen atoms in total. The highest BCUT2D eigenvalue weighted by Gasteiger charge is 2.47. The third kappa shape index (κ3) is 3.43. The topological polar surface area (TPSA) is 49.7 Å². The fourth-order valence-electron chi connectivity index (χ4n) is 3.28. The maximum atomic E-state index is 12.0. The molecule has 0 unspecified atom stereocenters. The second-order valence-electron chi connectivity index (χ2n) is 6.21. The van der Waals surface area contributed by atoms with E-state index in [1.165, 1.54) is 0 Å². The van der Waals surface area contributed by atoms with Gasteiger partial charge in [0.15, 0.2) is 15.0 Å². The number of hydrogen-bond acceptors (Lipinski definition) is 5. The minimum Gasteiger partial charge on any atom is -0.315 e. The van der Waals surface area contributed by atoms with Crippen LogP contribution >= 0.6 is 23.4 Å². The van der Waals surface area contributed by atoms with Crippen molar-refractivity contribution in [2.24, 2.45) is 4.99 Å². The monoisotopic (exact) mass is 392 g/mol. The Kier molecular flexibility index (Phi) is 4.52. The number of fused-ring (bicyclic) bond motifs is 1. The van der Waals surface area contributed by atoms with Crippen molar-refractivity contribution < 1.29 is 8.42 Å². The number of para-hydroxylation sites is 1. The summed E-state index contributed by atoms with van der Waals surface area (Å²) in [7, 11) is -3.02. The lowest BCUT2D eigenvalue weighted by Gasteiger charge is -2.26. The molecule has 2 heterocycles. The van der Waals surface area contributed by atoms with E-state index in [2.05, 4.69) is 4.90 Å². The molecule has 2 aromatic carbocycles. The number of amidine groups is 1. The molecule has 0 aliphatic carbocycles. The molecule has 25 heavy (non-hydrogen) atoms. The molecule has 0 aromatic heterocycles. The van der Waals surface area contributed by atoms with Crippen molar-refractivity contribution in [1.29, 1.82) is 0 Å². The average Bonchev–Trinajstić information content (AvgIpc) is 3.06.